The van der Waals surface area contributed by atoms with Gasteiger partial charge in [-0.2, -0.15) is 9.97 Å². The van der Waals surface area contributed by atoms with Crippen LogP contribution in [0.25, 0.3) is 11.2 Å². The van der Waals surface area contributed by atoms with Crippen LogP contribution in [0.3, 0.4) is 0 Å². The Labute approximate surface area is 228 Å². The van der Waals surface area contributed by atoms with Crippen LogP contribution in [0.4, 0.5) is 23.1 Å². The van der Waals surface area contributed by atoms with Gasteiger partial charge in [0.2, 0.25) is 5.95 Å². The van der Waals surface area contributed by atoms with Gasteiger partial charge in [-0.3, -0.25) is 9.79 Å². The van der Waals surface area contributed by atoms with Crippen LogP contribution in [-0.4, -0.2) is 76.8 Å². The fourth-order valence-electron chi connectivity index (χ4n) is 5.17. The van der Waals surface area contributed by atoms with Gasteiger partial charge in [0.15, 0.2) is 11.5 Å². The number of carbonyl (C=O) groups is 1. The van der Waals surface area contributed by atoms with Crippen molar-refractivity contribution < 1.29 is 9.53 Å². The number of imidazole rings is 1. The molecule has 0 bridgehead atoms. The highest BCUT2D eigenvalue weighted by atomic mass is 16.5. The number of amides is 1. The minimum atomic E-state index is -0.132. The number of rotatable bonds is 9. The number of allylic oxidation sites excluding steroid dienone is 2. The van der Waals surface area contributed by atoms with Gasteiger partial charge in [-0.05, 0) is 37.8 Å². The van der Waals surface area contributed by atoms with Crippen molar-refractivity contribution in [2.75, 3.05) is 48.8 Å². The number of carbonyl (C=O) groups excluding carboxylic acids is 1. The van der Waals surface area contributed by atoms with E-state index in [1.165, 1.54) is 19.3 Å². The van der Waals surface area contributed by atoms with Crippen molar-refractivity contribution in [3.8, 4) is 5.75 Å². The lowest BCUT2D eigenvalue weighted by atomic mass is 9.95. The molecule has 11 nitrogen and oxygen atoms in total. The summed E-state index contributed by atoms with van der Waals surface area (Å²) in [6.45, 7) is 9.68. The van der Waals surface area contributed by atoms with Gasteiger partial charge < -0.3 is 30.2 Å². The molecule has 1 saturated heterocycles. The monoisotopic (exact) mass is 529 g/mol. The van der Waals surface area contributed by atoms with Gasteiger partial charge in [0.05, 0.1) is 19.1 Å². The normalized spacial score (nSPS) is 16.7. The number of benzene rings is 1. The highest BCUT2D eigenvalue weighted by molar-refractivity contribution is 5.94. The second kappa shape index (κ2) is 12.0. The van der Waals surface area contributed by atoms with Crippen LogP contribution < -0.4 is 20.3 Å². The number of hydrogen-bond donors (Lipinski definition) is 3. The fraction of sp³-hybridized carbons (Fsp3) is 0.393. The zero-order valence-corrected chi connectivity index (χ0v) is 22.3. The standard InChI is InChI=1S/C28H35N9O2/c1-4-8-22(29-2)27(38)37-15-13-36(14-16-37)20-11-12-21(23(17-20)39-3)33-28-34-25-24(30-18-31-25)26(35-28)32-19-9-6-5-7-10-19/h4,8,11-12,17-19H,1-2,5-7,9-10,13-16H2,3H3,(H3,30,31,32,33,34,35)/b22-8-. The molecule has 5 rings (SSSR count). The number of H-pyrrole nitrogens is 1. The molecule has 39 heavy (non-hydrogen) atoms. The van der Waals surface area contributed by atoms with Gasteiger partial charge in [-0.25, -0.2) is 4.98 Å². The Morgan fingerprint density at radius 2 is 1.97 bits per heavy atom. The maximum atomic E-state index is 12.7. The summed E-state index contributed by atoms with van der Waals surface area (Å²) in [6, 6.07) is 6.38. The maximum Gasteiger partial charge on any atom is 0.272 e. The Bertz CT molecular complexity index is 1370. The van der Waals surface area contributed by atoms with E-state index in [-0.39, 0.29) is 5.91 Å². The molecular weight excluding hydrogens is 494 g/mol. The summed E-state index contributed by atoms with van der Waals surface area (Å²) in [6.07, 6.45) is 10.8. The number of hydrogen-bond acceptors (Lipinski definition) is 9. The van der Waals surface area contributed by atoms with Gasteiger partial charge in [-0.15, -0.1) is 0 Å². The lowest BCUT2D eigenvalue weighted by molar-refractivity contribution is -0.127. The SMILES string of the molecule is C=C/C=C(\N=C)C(=O)N1CCN(c2ccc(Nc3nc(NC4CCCCC4)c4[nH]cnc4n3)c(OC)c2)CC1. The van der Waals surface area contributed by atoms with Crippen molar-refractivity contribution in [3.63, 3.8) is 0 Å². The molecule has 3 aromatic rings. The van der Waals surface area contributed by atoms with Crippen molar-refractivity contribution in [2.24, 2.45) is 4.99 Å². The van der Waals surface area contributed by atoms with Crippen LogP contribution >= 0.6 is 0 Å². The number of aromatic amines is 1. The first kappa shape index (κ1) is 26.2. The van der Waals surface area contributed by atoms with Crippen molar-refractivity contribution in [1.29, 1.82) is 0 Å². The number of ether oxygens (including phenoxy) is 1. The van der Waals surface area contributed by atoms with Crippen molar-refractivity contribution >= 4 is 46.9 Å². The van der Waals surface area contributed by atoms with Crippen LogP contribution in [-0.2, 0) is 4.79 Å². The second-order valence-electron chi connectivity index (χ2n) is 9.71. The number of aliphatic imine (C=N–C) groups is 1. The largest absolute Gasteiger partial charge is 0.494 e. The topological polar surface area (TPSA) is 124 Å². The van der Waals surface area contributed by atoms with Crippen molar-refractivity contribution in [2.45, 2.75) is 38.1 Å². The van der Waals surface area contributed by atoms with Gasteiger partial charge in [-0.1, -0.05) is 31.9 Å². The van der Waals surface area contributed by atoms with E-state index in [1.807, 2.05) is 18.2 Å². The quantitative estimate of drug-likeness (QED) is 0.213. The van der Waals surface area contributed by atoms with Gasteiger partial charge in [0.25, 0.3) is 5.91 Å². The van der Waals surface area contributed by atoms with E-state index in [0.29, 0.717) is 55.3 Å². The van der Waals surface area contributed by atoms with Crippen molar-refractivity contribution in [3.05, 3.63) is 49.0 Å². The Morgan fingerprint density at radius 3 is 2.69 bits per heavy atom. The number of nitrogens with one attached hydrogen (secondary N) is 3. The molecule has 0 atom stereocenters. The number of aromatic nitrogens is 4. The maximum absolute atomic E-state index is 12.7. The summed E-state index contributed by atoms with van der Waals surface area (Å²) >= 11 is 0. The summed E-state index contributed by atoms with van der Waals surface area (Å²) in [5.74, 6) is 1.75. The van der Waals surface area contributed by atoms with Crippen LogP contribution in [0.2, 0.25) is 0 Å². The molecule has 3 N–H and O–H groups in total. The van der Waals surface area contributed by atoms with E-state index < -0.39 is 0 Å². The van der Waals surface area contributed by atoms with Crippen LogP contribution in [0.15, 0.2) is 53.9 Å². The molecular formula is C28H35N9O2. The number of anilines is 4. The van der Waals surface area contributed by atoms with Gasteiger partial charge >= 0.3 is 0 Å². The zero-order chi connectivity index (χ0) is 27.2. The molecule has 204 valence electrons. The fourth-order valence-corrected chi connectivity index (χ4v) is 5.17. The highest BCUT2D eigenvalue weighted by Gasteiger charge is 2.24. The molecule has 0 radical (unpaired) electrons. The Kier molecular flexibility index (Phi) is 8.04. The third-order valence-electron chi connectivity index (χ3n) is 7.26. The molecule has 0 unspecified atom stereocenters. The van der Waals surface area contributed by atoms with Crippen molar-refractivity contribution in [1.82, 2.24) is 24.8 Å². The molecule has 3 heterocycles. The summed E-state index contributed by atoms with van der Waals surface area (Å²) in [5, 5.41) is 6.92. The number of methoxy groups -OCH3 is 1. The Morgan fingerprint density at radius 1 is 1.18 bits per heavy atom. The molecule has 1 aliphatic heterocycles. The van der Waals surface area contributed by atoms with Gasteiger partial charge in [0.1, 0.15) is 17.0 Å². The number of piperazine rings is 1. The molecule has 2 aliphatic rings. The van der Waals surface area contributed by atoms with E-state index in [9.17, 15) is 4.79 Å². The van der Waals surface area contributed by atoms with E-state index in [4.69, 9.17) is 9.72 Å². The molecule has 11 heteroatoms. The first-order valence-electron chi connectivity index (χ1n) is 13.4. The minimum absolute atomic E-state index is 0.132. The summed E-state index contributed by atoms with van der Waals surface area (Å²) in [5.41, 5.74) is 3.48. The molecule has 0 spiro atoms. The average Bonchev–Trinajstić information content (AvgIpc) is 3.45. The molecule has 2 fully saturated rings. The molecule has 1 amide bonds. The van der Waals surface area contributed by atoms with E-state index in [0.717, 1.165) is 35.6 Å². The zero-order valence-electron chi connectivity index (χ0n) is 22.3. The lowest BCUT2D eigenvalue weighted by Gasteiger charge is -2.36. The second-order valence-corrected chi connectivity index (χ2v) is 9.71. The number of fused-ring (bicyclic) bond motifs is 1. The molecule has 1 aliphatic carbocycles. The number of nitrogens with zero attached hydrogens (tertiary/aromatic N) is 6. The van der Waals surface area contributed by atoms with Gasteiger partial charge in [0, 0.05) is 44.0 Å². The Hall–Kier alpha value is -4.41. The highest BCUT2D eigenvalue weighted by Crippen LogP contribution is 2.33. The van der Waals surface area contributed by atoms with Crippen LogP contribution in [0.1, 0.15) is 32.1 Å². The van der Waals surface area contributed by atoms with Crippen LogP contribution in [0.5, 0.6) is 5.75 Å². The molecule has 2 aromatic heterocycles. The van der Waals surface area contributed by atoms with E-state index >= 15 is 0 Å². The predicted octanol–water partition coefficient (Wildman–Crippen LogP) is 4.27. The minimum Gasteiger partial charge on any atom is -0.494 e. The average molecular weight is 530 g/mol. The van der Waals surface area contributed by atoms with E-state index in [1.54, 1.807) is 30.5 Å². The Balaban J connectivity index is 1.29. The van der Waals surface area contributed by atoms with Crippen LogP contribution in [0, 0.1) is 0 Å². The first-order chi connectivity index (χ1) is 19.1. The molecule has 1 aromatic carbocycles. The third kappa shape index (κ3) is 5.87. The summed E-state index contributed by atoms with van der Waals surface area (Å²) in [7, 11) is 1.64. The van der Waals surface area contributed by atoms with E-state index in [2.05, 4.69) is 48.8 Å². The summed E-state index contributed by atoms with van der Waals surface area (Å²) in [4.78, 5) is 37.5. The lowest BCUT2D eigenvalue weighted by Crippen LogP contribution is -2.49. The summed E-state index contributed by atoms with van der Waals surface area (Å²) < 4.78 is 5.72. The smallest absolute Gasteiger partial charge is 0.272 e. The first-order valence-corrected chi connectivity index (χ1v) is 13.4. The molecule has 1 saturated carbocycles. The predicted molar refractivity (Wildman–Crippen MR) is 155 cm³/mol. The third-order valence-corrected chi connectivity index (χ3v) is 7.26.